The van der Waals surface area contributed by atoms with Crippen LogP contribution in [0.4, 0.5) is 4.79 Å². The first-order valence-corrected chi connectivity index (χ1v) is 11.8. The fourth-order valence-electron chi connectivity index (χ4n) is 4.58. The van der Waals surface area contributed by atoms with Crippen molar-refractivity contribution in [2.24, 2.45) is 5.92 Å². The van der Waals surface area contributed by atoms with E-state index in [2.05, 4.69) is 51.2 Å². The molecule has 1 aromatic rings. The average Bonchev–Trinajstić information content (AvgIpc) is 2.77. The molecule has 1 atom stereocenters. The summed E-state index contributed by atoms with van der Waals surface area (Å²) in [6.07, 6.45) is 9.35. The standard InChI is InChI=1S/C24H38N4O2/c29-23(14-7-15-25-24(30)27-22-12-5-2-6-13-22)26-17-21-11-8-16-28(19-21)18-20-9-3-1-4-10-20/h1,3-4,9-10,21-22H,2,5-8,11-19H2,(H,26,29)(H2,25,27,30)/t21-/m0/s1. The Labute approximate surface area is 181 Å². The Hall–Kier alpha value is -2.08. The zero-order valence-corrected chi connectivity index (χ0v) is 18.2. The second-order valence-corrected chi connectivity index (χ2v) is 8.87. The summed E-state index contributed by atoms with van der Waals surface area (Å²) in [6, 6.07) is 10.8. The summed E-state index contributed by atoms with van der Waals surface area (Å²) in [5.41, 5.74) is 1.35. The Morgan fingerprint density at radius 2 is 1.77 bits per heavy atom. The molecule has 1 aliphatic heterocycles. The van der Waals surface area contributed by atoms with E-state index < -0.39 is 0 Å². The molecule has 0 aromatic heterocycles. The lowest BCUT2D eigenvalue weighted by molar-refractivity contribution is -0.121. The van der Waals surface area contributed by atoms with Gasteiger partial charge in [-0.3, -0.25) is 9.69 Å². The van der Waals surface area contributed by atoms with Crippen LogP contribution in [0.5, 0.6) is 0 Å². The zero-order chi connectivity index (χ0) is 21.0. The maximum absolute atomic E-state index is 12.2. The van der Waals surface area contributed by atoms with Gasteiger partial charge in [-0.05, 0) is 50.1 Å². The molecular weight excluding hydrogens is 376 g/mol. The van der Waals surface area contributed by atoms with Gasteiger partial charge in [0.25, 0.3) is 0 Å². The van der Waals surface area contributed by atoms with Crippen LogP contribution in [0.15, 0.2) is 30.3 Å². The van der Waals surface area contributed by atoms with Crippen LogP contribution in [0.3, 0.4) is 0 Å². The average molecular weight is 415 g/mol. The van der Waals surface area contributed by atoms with Crippen LogP contribution in [0.1, 0.15) is 63.4 Å². The number of urea groups is 1. The maximum Gasteiger partial charge on any atom is 0.315 e. The van der Waals surface area contributed by atoms with Gasteiger partial charge in [-0.2, -0.15) is 0 Å². The summed E-state index contributed by atoms with van der Waals surface area (Å²) in [5.74, 6) is 0.607. The molecule has 0 radical (unpaired) electrons. The van der Waals surface area contributed by atoms with Gasteiger partial charge < -0.3 is 16.0 Å². The van der Waals surface area contributed by atoms with Gasteiger partial charge in [0, 0.05) is 38.6 Å². The summed E-state index contributed by atoms with van der Waals surface area (Å²) < 4.78 is 0. The van der Waals surface area contributed by atoms with Crippen molar-refractivity contribution in [1.29, 1.82) is 0 Å². The van der Waals surface area contributed by atoms with Crippen molar-refractivity contribution in [2.75, 3.05) is 26.2 Å². The van der Waals surface area contributed by atoms with Gasteiger partial charge in [-0.15, -0.1) is 0 Å². The summed E-state index contributed by atoms with van der Waals surface area (Å²) >= 11 is 0. The molecule has 1 aromatic carbocycles. The minimum absolute atomic E-state index is 0.0877. The lowest BCUT2D eigenvalue weighted by atomic mass is 9.96. The number of carbonyl (C=O) groups excluding carboxylic acids is 2. The van der Waals surface area contributed by atoms with E-state index in [0.717, 1.165) is 39.0 Å². The highest BCUT2D eigenvalue weighted by atomic mass is 16.2. The molecule has 3 N–H and O–H groups in total. The zero-order valence-electron chi connectivity index (χ0n) is 18.2. The van der Waals surface area contributed by atoms with Gasteiger partial charge >= 0.3 is 6.03 Å². The van der Waals surface area contributed by atoms with Crippen LogP contribution in [-0.4, -0.2) is 49.1 Å². The number of nitrogens with one attached hydrogen (secondary N) is 3. The Morgan fingerprint density at radius 1 is 0.967 bits per heavy atom. The van der Waals surface area contributed by atoms with Crippen molar-refractivity contribution in [2.45, 2.75) is 70.4 Å². The first-order valence-electron chi connectivity index (χ1n) is 11.8. The molecule has 30 heavy (non-hydrogen) atoms. The van der Waals surface area contributed by atoms with Crippen LogP contribution < -0.4 is 16.0 Å². The number of amides is 3. The number of piperidine rings is 1. The normalized spacial score (nSPS) is 20.5. The van der Waals surface area contributed by atoms with Gasteiger partial charge in [0.15, 0.2) is 0 Å². The van der Waals surface area contributed by atoms with E-state index in [1.165, 1.54) is 37.7 Å². The summed E-state index contributed by atoms with van der Waals surface area (Å²) in [4.78, 5) is 26.6. The van der Waals surface area contributed by atoms with Crippen molar-refractivity contribution >= 4 is 11.9 Å². The Morgan fingerprint density at radius 3 is 2.57 bits per heavy atom. The molecule has 3 rings (SSSR count). The molecule has 3 amide bonds. The van der Waals surface area contributed by atoms with Gasteiger partial charge in [0.05, 0.1) is 0 Å². The summed E-state index contributed by atoms with van der Waals surface area (Å²) in [7, 11) is 0. The van der Waals surface area contributed by atoms with Gasteiger partial charge in [-0.25, -0.2) is 4.79 Å². The van der Waals surface area contributed by atoms with Crippen LogP contribution >= 0.6 is 0 Å². The van der Waals surface area contributed by atoms with Gasteiger partial charge in [0.2, 0.25) is 5.91 Å². The van der Waals surface area contributed by atoms with Crippen molar-refractivity contribution in [3.05, 3.63) is 35.9 Å². The topological polar surface area (TPSA) is 73.5 Å². The van der Waals surface area contributed by atoms with E-state index in [4.69, 9.17) is 0 Å². The smallest absolute Gasteiger partial charge is 0.315 e. The number of benzene rings is 1. The van der Waals surface area contributed by atoms with Crippen molar-refractivity contribution in [3.63, 3.8) is 0 Å². The molecule has 0 unspecified atom stereocenters. The number of carbonyl (C=O) groups is 2. The van der Waals surface area contributed by atoms with Crippen molar-refractivity contribution < 1.29 is 9.59 Å². The van der Waals surface area contributed by atoms with E-state index in [1.54, 1.807) is 0 Å². The SMILES string of the molecule is O=C(CCCNC(=O)NC1CCCCC1)NC[C@@H]1CCCN(Cc2ccccc2)C1. The quantitative estimate of drug-likeness (QED) is 0.542. The monoisotopic (exact) mass is 414 g/mol. The summed E-state index contributed by atoms with van der Waals surface area (Å²) in [5, 5.41) is 9.02. The maximum atomic E-state index is 12.2. The van der Waals surface area contributed by atoms with E-state index in [9.17, 15) is 9.59 Å². The van der Waals surface area contributed by atoms with Crippen LogP contribution in [-0.2, 0) is 11.3 Å². The third-order valence-electron chi connectivity index (χ3n) is 6.25. The molecule has 6 nitrogen and oxygen atoms in total. The molecule has 2 aliphatic rings. The predicted molar refractivity (Wildman–Crippen MR) is 120 cm³/mol. The Bertz CT molecular complexity index is 646. The molecule has 1 saturated heterocycles. The van der Waals surface area contributed by atoms with Crippen molar-refractivity contribution in [1.82, 2.24) is 20.9 Å². The molecule has 166 valence electrons. The number of nitrogens with zero attached hydrogens (tertiary/aromatic N) is 1. The predicted octanol–water partition coefficient (Wildman–Crippen LogP) is 3.43. The highest BCUT2D eigenvalue weighted by Crippen LogP contribution is 2.18. The fourth-order valence-corrected chi connectivity index (χ4v) is 4.58. The van der Waals surface area contributed by atoms with E-state index in [-0.39, 0.29) is 11.9 Å². The molecule has 1 saturated carbocycles. The van der Waals surface area contributed by atoms with Crippen LogP contribution in [0.25, 0.3) is 0 Å². The number of rotatable bonds is 9. The van der Waals surface area contributed by atoms with E-state index in [0.29, 0.717) is 31.3 Å². The number of likely N-dealkylation sites (tertiary alicyclic amines) is 1. The largest absolute Gasteiger partial charge is 0.356 e. The van der Waals surface area contributed by atoms with Crippen molar-refractivity contribution in [3.8, 4) is 0 Å². The van der Waals surface area contributed by atoms with Gasteiger partial charge in [-0.1, -0.05) is 49.6 Å². The minimum atomic E-state index is -0.0944. The van der Waals surface area contributed by atoms with Crippen LogP contribution in [0, 0.1) is 5.92 Å². The highest BCUT2D eigenvalue weighted by Gasteiger charge is 2.20. The molecule has 2 fully saturated rings. The van der Waals surface area contributed by atoms with E-state index in [1.807, 2.05) is 0 Å². The molecule has 0 spiro atoms. The first-order chi connectivity index (χ1) is 14.7. The molecule has 1 aliphatic carbocycles. The lowest BCUT2D eigenvalue weighted by Crippen LogP contribution is -2.43. The molecular formula is C24H38N4O2. The third-order valence-corrected chi connectivity index (χ3v) is 6.25. The second-order valence-electron chi connectivity index (χ2n) is 8.87. The summed E-state index contributed by atoms with van der Waals surface area (Å²) in [6.45, 7) is 4.45. The lowest BCUT2D eigenvalue weighted by Gasteiger charge is -2.32. The molecule has 6 heteroatoms. The Balaban J connectivity index is 1.24. The molecule has 0 bridgehead atoms. The van der Waals surface area contributed by atoms with Crippen LogP contribution in [0.2, 0.25) is 0 Å². The Kier molecular flexibility index (Phi) is 9.48. The van der Waals surface area contributed by atoms with Gasteiger partial charge in [0.1, 0.15) is 0 Å². The minimum Gasteiger partial charge on any atom is -0.356 e. The molecule has 1 heterocycles. The fraction of sp³-hybridized carbons (Fsp3) is 0.667. The number of hydrogen-bond acceptors (Lipinski definition) is 3. The highest BCUT2D eigenvalue weighted by molar-refractivity contribution is 5.76. The van der Waals surface area contributed by atoms with E-state index >= 15 is 0 Å². The second kappa shape index (κ2) is 12.6. The third kappa shape index (κ3) is 8.34. The number of hydrogen-bond donors (Lipinski definition) is 3. The first kappa shape index (κ1) is 22.6.